The standard InChI is InChI=1S/C17H24N4O4/c1-24-12-7-14-13(15(8-12)25-2)6-11(21-14)4-3-5-19-17(23)10-20-16(22)9-18/h6-8,21H,3-5,9-10,18H2,1-2H3,(H,19,23)(H,20,22). The predicted octanol–water partition coefficient (Wildman–Crippen LogP) is 0.309. The Morgan fingerprint density at radius 3 is 2.60 bits per heavy atom. The van der Waals surface area contributed by atoms with E-state index in [1.54, 1.807) is 14.2 Å². The van der Waals surface area contributed by atoms with Crippen LogP contribution in [0.25, 0.3) is 10.9 Å². The molecule has 0 fully saturated rings. The first-order valence-corrected chi connectivity index (χ1v) is 8.04. The molecule has 1 aromatic heterocycles. The predicted molar refractivity (Wildman–Crippen MR) is 94.8 cm³/mol. The summed E-state index contributed by atoms with van der Waals surface area (Å²) in [5.41, 5.74) is 7.14. The van der Waals surface area contributed by atoms with Crippen molar-refractivity contribution in [3.8, 4) is 11.5 Å². The van der Waals surface area contributed by atoms with Gasteiger partial charge in [-0.05, 0) is 18.9 Å². The number of aromatic nitrogens is 1. The maximum absolute atomic E-state index is 11.6. The van der Waals surface area contributed by atoms with Crippen LogP contribution < -0.4 is 25.8 Å². The Hall–Kier alpha value is -2.74. The molecule has 8 heteroatoms. The van der Waals surface area contributed by atoms with E-state index in [0.29, 0.717) is 6.54 Å². The number of carbonyl (C=O) groups excluding carboxylic acids is 2. The van der Waals surface area contributed by atoms with Crippen molar-refractivity contribution in [3.05, 3.63) is 23.9 Å². The number of H-pyrrole nitrogens is 1. The number of hydrogen-bond acceptors (Lipinski definition) is 5. The maximum atomic E-state index is 11.6. The van der Waals surface area contributed by atoms with Crippen LogP contribution in [0, 0.1) is 0 Å². The Morgan fingerprint density at radius 2 is 1.92 bits per heavy atom. The number of aromatic amines is 1. The Labute approximate surface area is 146 Å². The molecule has 0 radical (unpaired) electrons. The molecule has 136 valence electrons. The molecule has 2 rings (SSSR count). The van der Waals surface area contributed by atoms with Crippen LogP contribution in [0.4, 0.5) is 0 Å². The highest BCUT2D eigenvalue weighted by atomic mass is 16.5. The summed E-state index contributed by atoms with van der Waals surface area (Å²) in [7, 11) is 3.24. The van der Waals surface area contributed by atoms with Crippen LogP contribution in [-0.4, -0.2) is 50.7 Å². The minimum absolute atomic E-state index is 0.0561. The highest BCUT2D eigenvalue weighted by Gasteiger charge is 2.09. The van der Waals surface area contributed by atoms with E-state index >= 15 is 0 Å². The van der Waals surface area contributed by atoms with Gasteiger partial charge in [0, 0.05) is 29.8 Å². The van der Waals surface area contributed by atoms with Gasteiger partial charge in [0.2, 0.25) is 11.8 Å². The quantitative estimate of drug-likeness (QED) is 0.486. The second kappa shape index (κ2) is 8.93. The summed E-state index contributed by atoms with van der Waals surface area (Å²) in [5.74, 6) is 0.896. The number of rotatable bonds is 9. The van der Waals surface area contributed by atoms with Crippen molar-refractivity contribution < 1.29 is 19.1 Å². The summed E-state index contributed by atoms with van der Waals surface area (Å²) < 4.78 is 10.7. The van der Waals surface area contributed by atoms with Gasteiger partial charge in [-0.15, -0.1) is 0 Å². The van der Waals surface area contributed by atoms with E-state index in [0.717, 1.165) is 40.9 Å². The lowest BCUT2D eigenvalue weighted by Crippen LogP contribution is -2.39. The normalized spacial score (nSPS) is 10.5. The zero-order valence-electron chi connectivity index (χ0n) is 14.5. The Balaban J connectivity index is 1.85. The van der Waals surface area contributed by atoms with Crippen molar-refractivity contribution in [1.29, 1.82) is 0 Å². The minimum atomic E-state index is -0.349. The molecule has 0 bridgehead atoms. The first-order valence-electron chi connectivity index (χ1n) is 8.04. The van der Waals surface area contributed by atoms with Gasteiger partial charge < -0.3 is 30.8 Å². The summed E-state index contributed by atoms with van der Waals surface area (Å²) >= 11 is 0. The second-order valence-electron chi connectivity index (χ2n) is 5.52. The van der Waals surface area contributed by atoms with Crippen molar-refractivity contribution in [2.45, 2.75) is 12.8 Å². The molecule has 0 atom stereocenters. The number of fused-ring (bicyclic) bond motifs is 1. The SMILES string of the molecule is COc1cc(OC)c2cc(CCCNC(=O)CNC(=O)CN)[nH]c2c1. The lowest BCUT2D eigenvalue weighted by Gasteiger charge is -2.05. The molecule has 1 heterocycles. The molecular weight excluding hydrogens is 324 g/mol. The number of amides is 2. The topological polar surface area (TPSA) is 118 Å². The second-order valence-corrected chi connectivity index (χ2v) is 5.52. The van der Waals surface area contributed by atoms with Crippen molar-refractivity contribution >= 4 is 22.7 Å². The first-order chi connectivity index (χ1) is 12.1. The molecule has 0 saturated heterocycles. The molecule has 5 N–H and O–H groups in total. The number of benzene rings is 1. The van der Waals surface area contributed by atoms with Crippen LogP contribution in [0.2, 0.25) is 0 Å². The van der Waals surface area contributed by atoms with E-state index in [9.17, 15) is 9.59 Å². The summed E-state index contributed by atoms with van der Waals surface area (Å²) in [5, 5.41) is 6.17. The number of nitrogens with two attached hydrogens (primary N) is 1. The van der Waals surface area contributed by atoms with Gasteiger partial charge in [-0.25, -0.2) is 0 Å². The molecule has 0 spiro atoms. The van der Waals surface area contributed by atoms with Gasteiger partial charge in [0.05, 0.1) is 32.8 Å². The van der Waals surface area contributed by atoms with E-state index in [1.807, 2.05) is 18.2 Å². The highest BCUT2D eigenvalue weighted by Crippen LogP contribution is 2.31. The van der Waals surface area contributed by atoms with Crippen molar-refractivity contribution in [3.63, 3.8) is 0 Å². The number of nitrogens with one attached hydrogen (secondary N) is 3. The number of ether oxygens (including phenoxy) is 2. The van der Waals surface area contributed by atoms with Gasteiger partial charge in [0.15, 0.2) is 0 Å². The average molecular weight is 348 g/mol. The Morgan fingerprint density at radius 1 is 1.12 bits per heavy atom. The van der Waals surface area contributed by atoms with Crippen LogP contribution >= 0.6 is 0 Å². The minimum Gasteiger partial charge on any atom is -0.497 e. The average Bonchev–Trinajstić information content (AvgIpc) is 3.04. The van der Waals surface area contributed by atoms with Crippen molar-refractivity contribution in [2.24, 2.45) is 5.73 Å². The Bertz CT molecular complexity index is 742. The van der Waals surface area contributed by atoms with E-state index in [1.165, 1.54) is 0 Å². The van der Waals surface area contributed by atoms with Crippen molar-refractivity contribution in [2.75, 3.05) is 33.9 Å². The number of hydrogen-bond donors (Lipinski definition) is 4. The number of carbonyl (C=O) groups is 2. The zero-order chi connectivity index (χ0) is 18.2. The van der Waals surface area contributed by atoms with Gasteiger partial charge in [-0.2, -0.15) is 0 Å². The molecular formula is C17H24N4O4. The molecule has 0 unspecified atom stereocenters. The van der Waals surface area contributed by atoms with Gasteiger partial charge in [-0.1, -0.05) is 0 Å². The number of methoxy groups -OCH3 is 2. The molecule has 0 aliphatic carbocycles. The molecule has 0 aliphatic rings. The highest BCUT2D eigenvalue weighted by molar-refractivity contribution is 5.88. The van der Waals surface area contributed by atoms with Gasteiger partial charge >= 0.3 is 0 Å². The van der Waals surface area contributed by atoms with Crippen LogP contribution in [0.3, 0.4) is 0 Å². The van der Waals surface area contributed by atoms with E-state index < -0.39 is 0 Å². The molecule has 8 nitrogen and oxygen atoms in total. The van der Waals surface area contributed by atoms with E-state index in [4.69, 9.17) is 15.2 Å². The van der Waals surface area contributed by atoms with Crippen LogP contribution in [0.1, 0.15) is 12.1 Å². The fourth-order valence-corrected chi connectivity index (χ4v) is 2.48. The lowest BCUT2D eigenvalue weighted by atomic mass is 10.2. The van der Waals surface area contributed by atoms with Gasteiger partial charge in [-0.3, -0.25) is 9.59 Å². The molecule has 0 saturated carbocycles. The molecule has 2 aromatic rings. The smallest absolute Gasteiger partial charge is 0.239 e. The van der Waals surface area contributed by atoms with Crippen LogP contribution in [0.5, 0.6) is 11.5 Å². The van der Waals surface area contributed by atoms with Crippen molar-refractivity contribution in [1.82, 2.24) is 15.6 Å². The lowest BCUT2D eigenvalue weighted by molar-refractivity contribution is -0.125. The summed E-state index contributed by atoms with van der Waals surface area (Å²) in [4.78, 5) is 25.9. The third-order valence-electron chi connectivity index (χ3n) is 3.76. The fraction of sp³-hybridized carbons (Fsp3) is 0.412. The summed E-state index contributed by atoms with van der Waals surface area (Å²) in [6.45, 7) is 0.342. The monoisotopic (exact) mass is 348 g/mol. The van der Waals surface area contributed by atoms with Gasteiger partial charge in [0.1, 0.15) is 11.5 Å². The molecule has 2 amide bonds. The zero-order valence-corrected chi connectivity index (χ0v) is 14.5. The molecule has 0 aliphatic heterocycles. The third-order valence-corrected chi connectivity index (χ3v) is 3.76. The number of aryl methyl sites for hydroxylation is 1. The third kappa shape index (κ3) is 5.12. The molecule has 1 aromatic carbocycles. The largest absolute Gasteiger partial charge is 0.497 e. The maximum Gasteiger partial charge on any atom is 0.239 e. The van der Waals surface area contributed by atoms with E-state index in [-0.39, 0.29) is 24.9 Å². The van der Waals surface area contributed by atoms with Crippen LogP contribution in [0.15, 0.2) is 18.2 Å². The van der Waals surface area contributed by atoms with Crippen LogP contribution in [-0.2, 0) is 16.0 Å². The van der Waals surface area contributed by atoms with Gasteiger partial charge in [0.25, 0.3) is 0 Å². The Kier molecular flexibility index (Phi) is 6.64. The molecule has 25 heavy (non-hydrogen) atoms. The fourth-order valence-electron chi connectivity index (χ4n) is 2.48. The summed E-state index contributed by atoms with van der Waals surface area (Å²) in [6, 6.07) is 5.80. The summed E-state index contributed by atoms with van der Waals surface area (Å²) in [6.07, 6.45) is 1.54. The first kappa shape index (κ1) is 18.6. The van der Waals surface area contributed by atoms with E-state index in [2.05, 4.69) is 15.6 Å².